The normalized spacial score (nSPS) is 21.2. The van der Waals surface area contributed by atoms with Crippen molar-refractivity contribution in [3.05, 3.63) is 16.9 Å². The number of rotatable bonds is 2. The summed E-state index contributed by atoms with van der Waals surface area (Å²) in [7, 11) is -0.916. The van der Waals surface area contributed by atoms with Crippen LogP contribution in [0.4, 0.5) is 14.2 Å². The maximum absolute atomic E-state index is 15.4. The Morgan fingerprint density at radius 2 is 1.83 bits per heavy atom. The molecule has 2 aliphatic heterocycles. The molecule has 1 N–H and O–H groups in total. The highest BCUT2D eigenvalue weighted by Gasteiger charge is 2.53. The van der Waals surface area contributed by atoms with E-state index in [1.807, 2.05) is 32.6 Å². The monoisotopic (exact) mass is 441 g/mol. The summed E-state index contributed by atoms with van der Waals surface area (Å²) in [6.45, 7) is 9.39. The number of hydrogen-bond donors (Lipinski definition) is 1. The fraction of sp³-hybridized carbons (Fsp3) is 0.556. The summed E-state index contributed by atoms with van der Waals surface area (Å²) in [6.07, 6.45) is -0.931. The number of anilines is 1. The highest BCUT2D eigenvalue weighted by Crippen LogP contribution is 2.39. The second-order valence-corrected chi connectivity index (χ2v) is 9.47. The van der Waals surface area contributed by atoms with E-state index >= 15 is 4.39 Å². The third kappa shape index (κ3) is 3.35. The third-order valence-corrected chi connectivity index (χ3v) is 7.25. The van der Waals surface area contributed by atoms with E-state index in [0.717, 1.165) is 5.00 Å². The second kappa shape index (κ2) is 6.97. The highest BCUT2D eigenvalue weighted by atomic mass is 35.5. The van der Waals surface area contributed by atoms with Gasteiger partial charge in [-0.05, 0) is 45.3 Å². The number of hydrogen-bond acceptors (Lipinski definition) is 6. The lowest BCUT2D eigenvalue weighted by Crippen LogP contribution is -2.48. The van der Waals surface area contributed by atoms with Gasteiger partial charge in [0.25, 0.3) is 0 Å². The van der Waals surface area contributed by atoms with Crippen LogP contribution in [0.3, 0.4) is 0 Å². The van der Waals surface area contributed by atoms with Gasteiger partial charge in [-0.3, -0.25) is 0 Å². The van der Waals surface area contributed by atoms with Gasteiger partial charge in [-0.2, -0.15) is 4.37 Å². The molecule has 0 atom stereocenters. The molecule has 1 aromatic carbocycles. The molecular weight excluding hydrogens is 420 g/mol. The molecule has 2 fully saturated rings. The molecule has 2 aromatic rings. The Morgan fingerprint density at radius 3 is 2.38 bits per heavy atom. The van der Waals surface area contributed by atoms with E-state index in [-0.39, 0.29) is 16.0 Å². The van der Waals surface area contributed by atoms with E-state index < -0.39 is 30.2 Å². The molecule has 4 rings (SSSR count). The van der Waals surface area contributed by atoms with Gasteiger partial charge in [0.2, 0.25) is 0 Å². The van der Waals surface area contributed by atoms with Crippen LogP contribution in [0, 0.1) is 5.82 Å². The number of fused-ring (bicyclic) bond motifs is 1. The Hall–Kier alpha value is -1.62. The largest absolute Gasteiger partial charge is 0.499 e. The fourth-order valence-electron chi connectivity index (χ4n) is 3.52. The minimum atomic E-state index is -0.931. The minimum Gasteiger partial charge on any atom is -0.465 e. The molecule has 7 nitrogen and oxygen atoms in total. The summed E-state index contributed by atoms with van der Waals surface area (Å²) in [4.78, 5) is 14.5. The van der Waals surface area contributed by atoms with Crippen molar-refractivity contribution in [3.63, 3.8) is 0 Å². The van der Waals surface area contributed by atoms with Gasteiger partial charge in [0.15, 0.2) is 5.82 Å². The number of piperazine rings is 1. The van der Waals surface area contributed by atoms with Crippen LogP contribution in [0.2, 0.25) is 5.02 Å². The molecule has 1 aromatic heterocycles. The summed E-state index contributed by atoms with van der Waals surface area (Å²) in [5.41, 5.74) is -0.844. The first kappa shape index (κ1) is 20.6. The van der Waals surface area contributed by atoms with Crippen molar-refractivity contribution in [1.29, 1.82) is 0 Å². The van der Waals surface area contributed by atoms with Crippen molar-refractivity contribution in [1.82, 2.24) is 9.27 Å². The van der Waals surface area contributed by atoms with Crippen LogP contribution in [0.5, 0.6) is 0 Å². The summed E-state index contributed by atoms with van der Waals surface area (Å²) in [6, 6.07) is 1.70. The summed E-state index contributed by atoms with van der Waals surface area (Å²) >= 11 is 7.66. The lowest BCUT2D eigenvalue weighted by Gasteiger charge is -2.33. The van der Waals surface area contributed by atoms with E-state index in [0.29, 0.717) is 31.6 Å². The summed E-state index contributed by atoms with van der Waals surface area (Å²) in [5, 5.41) is 10.7. The Kier molecular flexibility index (Phi) is 4.96. The number of benzene rings is 1. The van der Waals surface area contributed by atoms with Gasteiger partial charge in [0.1, 0.15) is 10.5 Å². The maximum atomic E-state index is 15.4. The van der Waals surface area contributed by atoms with Gasteiger partial charge in [0, 0.05) is 42.1 Å². The molecule has 0 unspecified atom stereocenters. The standard InChI is InChI=1S/C18H22BClFN3O4S/c1-17(2)18(3,4)28-19(27-17)12-11(20)9-10-14(13(12)21)22-29-15(10)23-5-7-24(8-6-23)16(25)26/h9H,5-8H2,1-4H3,(H,25,26). The Morgan fingerprint density at radius 1 is 1.24 bits per heavy atom. The zero-order valence-electron chi connectivity index (χ0n) is 16.7. The van der Waals surface area contributed by atoms with Crippen LogP contribution in [-0.2, 0) is 9.31 Å². The molecule has 2 saturated heterocycles. The summed E-state index contributed by atoms with van der Waals surface area (Å²) < 4.78 is 31.7. The molecule has 156 valence electrons. The molecule has 0 spiro atoms. The van der Waals surface area contributed by atoms with Gasteiger partial charge in [0.05, 0.1) is 11.2 Å². The van der Waals surface area contributed by atoms with E-state index in [2.05, 4.69) is 4.37 Å². The average molecular weight is 442 g/mol. The number of carbonyl (C=O) groups is 1. The van der Waals surface area contributed by atoms with Crippen molar-refractivity contribution in [3.8, 4) is 0 Å². The lowest BCUT2D eigenvalue weighted by molar-refractivity contribution is 0.00578. The zero-order valence-corrected chi connectivity index (χ0v) is 18.2. The van der Waals surface area contributed by atoms with Crippen molar-refractivity contribution in [2.75, 3.05) is 31.1 Å². The number of amides is 1. The van der Waals surface area contributed by atoms with Crippen LogP contribution < -0.4 is 10.4 Å². The predicted molar refractivity (Wildman–Crippen MR) is 112 cm³/mol. The van der Waals surface area contributed by atoms with Gasteiger partial charge in [-0.25, -0.2) is 9.18 Å². The maximum Gasteiger partial charge on any atom is 0.499 e. The van der Waals surface area contributed by atoms with Crippen molar-refractivity contribution in [2.45, 2.75) is 38.9 Å². The molecule has 0 radical (unpaired) electrons. The van der Waals surface area contributed by atoms with E-state index in [9.17, 15) is 4.79 Å². The Bertz CT molecular complexity index is 962. The first-order chi connectivity index (χ1) is 13.5. The Labute approximate surface area is 177 Å². The van der Waals surface area contributed by atoms with Crippen LogP contribution in [-0.4, -0.2) is 65.0 Å². The van der Waals surface area contributed by atoms with Gasteiger partial charge < -0.3 is 24.2 Å². The molecule has 1 amide bonds. The zero-order chi connectivity index (χ0) is 21.1. The van der Waals surface area contributed by atoms with E-state index in [1.54, 1.807) is 6.07 Å². The third-order valence-electron chi connectivity index (χ3n) is 6.01. The van der Waals surface area contributed by atoms with Crippen LogP contribution >= 0.6 is 23.1 Å². The minimum absolute atomic E-state index is 0.158. The van der Waals surface area contributed by atoms with Gasteiger partial charge >= 0.3 is 13.2 Å². The molecule has 11 heteroatoms. The highest BCUT2D eigenvalue weighted by molar-refractivity contribution is 7.11. The van der Waals surface area contributed by atoms with Crippen LogP contribution in [0.15, 0.2) is 6.07 Å². The van der Waals surface area contributed by atoms with Crippen LogP contribution in [0.25, 0.3) is 10.9 Å². The smallest absolute Gasteiger partial charge is 0.465 e. The predicted octanol–water partition coefficient (Wildman–Crippen LogP) is 3.19. The number of carboxylic acid groups (broad SMARTS) is 1. The Balaban J connectivity index is 1.67. The van der Waals surface area contributed by atoms with Crippen molar-refractivity contribution >= 4 is 57.7 Å². The summed E-state index contributed by atoms with van der Waals surface area (Å²) in [5.74, 6) is -0.544. The molecule has 0 saturated carbocycles. The van der Waals surface area contributed by atoms with E-state index in [1.165, 1.54) is 16.4 Å². The molecule has 3 heterocycles. The van der Waals surface area contributed by atoms with Crippen molar-refractivity contribution in [2.24, 2.45) is 0 Å². The molecular formula is C18H22BClFN3O4S. The fourth-order valence-corrected chi connectivity index (χ4v) is 4.71. The molecule has 0 aliphatic carbocycles. The van der Waals surface area contributed by atoms with Gasteiger partial charge in [-0.1, -0.05) is 11.6 Å². The lowest BCUT2D eigenvalue weighted by atomic mass is 9.78. The van der Waals surface area contributed by atoms with Crippen LogP contribution in [0.1, 0.15) is 27.7 Å². The number of aromatic nitrogens is 1. The topological polar surface area (TPSA) is 75.1 Å². The van der Waals surface area contributed by atoms with Gasteiger partial charge in [-0.15, -0.1) is 0 Å². The number of nitrogens with zero attached hydrogens (tertiary/aromatic N) is 3. The quantitative estimate of drug-likeness (QED) is 0.722. The second-order valence-electron chi connectivity index (χ2n) is 8.31. The SMILES string of the molecule is CC1(C)OB(c2c(Cl)cc3c(N4CCN(C(=O)O)CC4)snc3c2F)OC1(C)C. The first-order valence-electron chi connectivity index (χ1n) is 9.37. The van der Waals surface area contributed by atoms with E-state index in [4.69, 9.17) is 26.0 Å². The molecule has 2 aliphatic rings. The number of halogens is 2. The first-order valence-corrected chi connectivity index (χ1v) is 10.5. The van der Waals surface area contributed by atoms with Crippen molar-refractivity contribution < 1.29 is 23.6 Å². The average Bonchev–Trinajstić information content (AvgIpc) is 3.13. The molecule has 0 bridgehead atoms. The molecule has 29 heavy (non-hydrogen) atoms.